The van der Waals surface area contributed by atoms with Crippen molar-refractivity contribution < 1.29 is 14.0 Å². The summed E-state index contributed by atoms with van der Waals surface area (Å²) < 4.78 is 17.0. The van der Waals surface area contributed by atoms with E-state index in [2.05, 4.69) is 27.3 Å². The molecule has 0 aliphatic heterocycles. The molecule has 2 aromatic heterocycles. The number of hydrogen-bond acceptors (Lipinski definition) is 5. The first-order valence-electron chi connectivity index (χ1n) is 9.95. The lowest BCUT2D eigenvalue weighted by molar-refractivity contribution is 0.230. The molecule has 1 aliphatic carbocycles. The van der Waals surface area contributed by atoms with Gasteiger partial charge >= 0.3 is 0 Å². The van der Waals surface area contributed by atoms with E-state index in [1.54, 1.807) is 7.11 Å². The van der Waals surface area contributed by atoms with Gasteiger partial charge in [0.1, 0.15) is 0 Å². The predicted octanol–water partition coefficient (Wildman–Crippen LogP) is 5.17. The Balaban J connectivity index is 1.54. The Labute approximate surface area is 168 Å². The van der Waals surface area contributed by atoms with Gasteiger partial charge in [-0.05, 0) is 69.0 Å². The van der Waals surface area contributed by atoms with Gasteiger partial charge in [0.15, 0.2) is 11.5 Å². The highest BCUT2D eigenvalue weighted by Gasteiger charge is 2.21. The molecule has 4 aromatic rings. The van der Waals surface area contributed by atoms with E-state index >= 15 is 0 Å². The van der Waals surface area contributed by atoms with Crippen molar-refractivity contribution in [2.24, 2.45) is 0 Å². The molecule has 29 heavy (non-hydrogen) atoms. The number of aromatic amines is 1. The van der Waals surface area contributed by atoms with Crippen LogP contribution in [0.4, 0.5) is 0 Å². The third-order valence-electron chi connectivity index (χ3n) is 5.31. The number of para-hydroxylation sites is 1. The Bertz CT molecular complexity index is 1190. The molecule has 2 aromatic carbocycles. The molecule has 0 radical (unpaired) electrons. The Morgan fingerprint density at radius 1 is 1.14 bits per heavy atom. The van der Waals surface area contributed by atoms with Crippen LogP contribution in [0.25, 0.3) is 33.7 Å². The summed E-state index contributed by atoms with van der Waals surface area (Å²) in [6, 6.07) is 11.9. The Hall–Kier alpha value is -3.28. The van der Waals surface area contributed by atoms with Gasteiger partial charge in [0.2, 0.25) is 5.82 Å². The van der Waals surface area contributed by atoms with Gasteiger partial charge in [0.25, 0.3) is 5.89 Å². The van der Waals surface area contributed by atoms with Gasteiger partial charge in [-0.15, -0.1) is 0 Å². The molecule has 0 fully saturated rings. The number of nitrogens with one attached hydrogen (secondary N) is 1. The number of nitrogens with zero attached hydrogens (tertiary/aromatic N) is 2. The number of aryl methyl sites for hydroxylation is 2. The topological polar surface area (TPSA) is 73.2 Å². The summed E-state index contributed by atoms with van der Waals surface area (Å²) in [5, 5.41) is 5.48. The van der Waals surface area contributed by atoms with Gasteiger partial charge in [0.05, 0.1) is 18.8 Å². The lowest BCUT2D eigenvalue weighted by Crippen LogP contribution is -2.07. The third kappa shape index (κ3) is 3.05. The van der Waals surface area contributed by atoms with Crippen molar-refractivity contribution in [3.05, 3.63) is 47.7 Å². The zero-order valence-electron chi connectivity index (χ0n) is 16.8. The molecule has 148 valence electrons. The van der Waals surface area contributed by atoms with Crippen LogP contribution in [0.2, 0.25) is 0 Å². The summed E-state index contributed by atoms with van der Waals surface area (Å²) in [7, 11) is 1.61. The first-order valence-corrected chi connectivity index (χ1v) is 9.95. The second-order valence-corrected chi connectivity index (χ2v) is 7.62. The highest BCUT2D eigenvalue weighted by atomic mass is 16.5. The summed E-state index contributed by atoms with van der Waals surface area (Å²) in [6.45, 7) is 3.95. The fourth-order valence-corrected chi connectivity index (χ4v) is 4.08. The smallest absolute Gasteiger partial charge is 0.262 e. The number of methoxy groups -OCH3 is 1. The van der Waals surface area contributed by atoms with E-state index in [4.69, 9.17) is 14.0 Å². The molecule has 0 saturated carbocycles. The van der Waals surface area contributed by atoms with Crippen LogP contribution >= 0.6 is 0 Å². The number of hydrogen-bond donors (Lipinski definition) is 1. The lowest BCUT2D eigenvalue weighted by atomic mass is 10.1. The molecular formula is C23H23N3O3. The van der Waals surface area contributed by atoms with Crippen molar-refractivity contribution in [1.29, 1.82) is 0 Å². The molecule has 0 bridgehead atoms. The van der Waals surface area contributed by atoms with Gasteiger partial charge in [-0.2, -0.15) is 4.98 Å². The predicted molar refractivity (Wildman–Crippen MR) is 111 cm³/mol. The molecule has 6 heteroatoms. The number of H-pyrrole nitrogens is 1. The second-order valence-electron chi connectivity index (χ2n) is 7.62. The maximum absolute atomic E-state index is 5.85. The summed E-state index contributed by atoms with van der Waals surface area (Å²) in [4.78, 5) is 8.17. The summed E-state index contributed by atoms with van der Waals surface area (Å²) in [5.41, 5.74) is 5.61. The third-order valence-corrected chi connectivity index (χ3v) is 5.31. The molecule has 0 unspecified atom stereocenters. The van der Waals surface area contributed by atoms with E-state index in [-0.39, 0.29) is 6.10 Å². The molecule has 0 amide bonds. The first kappa shape index (κ1) is 17.8. The van der Waals surface area contributed by atoms with E-state index in [0.717, 1.165) is 18.4 Å². The fraction of sp³-hybridized carbons (Fsp3) is 0.304. The molecule has 0 saturated heterocycles. The van der Waals surface area contributed by atoms with Crippen LogP contribution < -0.4 is 9.47 Å². The van der Waals surface area contributed by atoms with E-state index in [9.17, 15) is 0 Å². The van der Waals surface area contributed by atoms with Gasteiger partial charge in [-0.25, -0.2) is 0 Å². The normalized spacial score (nSPS) is 13.2. The minimum absolute atomic E-state index is 0.0344. The van der Waals surface area contributed by atoms with Crippen molar-refractivity contribution in [1.82, 2.24) is 15.1 Å². The van der Waals surface area contributed by atoms with Gasteiger partial charge < -0.3 is 19.0 Å². The zero-order chi connectivity index (χ0) is 20.0. The van der Waals surface area contributed by atoms with Crippen LogP contribution in [-0.4, -0.2) is 28.3 Å². The summed E-state index contributed by atoms with van der Waals surface area (Å²) in [5.74, 6) is 2.22. The summed E-state index contributed by atoms with van der Waals surface area (Å²) >= 11 is 0. The summed E-state index contributed by atoms with van der Waals surface area (Å²) in [6.07, 6.45) is 3.49. The molecule has 6 nitrogen and oxygen atoms in total. The van der Waals surface area contributed by atoms with Crippen molar-refractivity contribution in [2.45, 2.75) is 39.2 Å². The Morgan fingerprint density at radius 2 is 2.03 bits per heavy atom. The van der Waals surface area contributed by atoms with Gasteiger partial charge in [-0.3, -0.25) is 0 Å². The highest BCUT2D eigenvalue weighted by molar-refractivity contribution is 5.89. The standard InChI is InChI=1S/C23H23N3O3/c1-13(2)28-20-9-5-7-16(21(20)27-3)23-25-22(26-29-23)14-10-11-19-17(12-14)15-6-4-8-18(15)24-19/h5,7,9-13,24H,4,6,8H2,1-3H3. The molecule has 0 spiro atoms. The Morgan fingerprint density at radius 3 is 2.86 bits per heavy atom. The Kier molecular flexibility index (Phi) is 4.27. The quantitative estimate of drug-likeness (QED) is 0.510. The molecular weight excluding hydrogens is 366 g/mol. The number of benzene rings is 2. The number of rotatable bonds is 5. The minimum atomic E-state index is 0.0344. The van der Waals surface area contributed by atoms with Crippen LogP contribution in [0.1, 0.15) is 31.5 Å². The van der Waals surface area contributed by atoms with Crippen molar-refractivity contribution in [3.8, 4) is 34.3 Å². The average Bonchev–Trinajstić information content (AvgIpc) is 3.43. The highest BCUT2D eigenvalue weighted by Crippen LogP contribution is 2.39. The second kappa shape index (κ2) is 6.95. The maximum atomic E-state index is 5.85. The molecule has 5 rings (SSSR count). The number of fused-ring (bicyclic) bond motifs is 3. The van der Waals surface area contributed by atoms with E-state index in [1.807, 2.05) is 38.1 Å². The van der Waals surface area contributed by atoms with Gasteiger partial charge in [0, 0.05) is 22.2 Å². The monoisotopic (exact) mass is 389 g/mol. The maximum Gasteiger partial charge on any atom is 0.262 e. The molecule has 0 atom stereocenters. The van der Waals surface area contributed by atoms with Crippen molar-refractivity contribution in [2.75, 3.05) is 7.11 Å². The zero-order valence-corrected chi connectivity index (χ0v) is 16.8. The molecule has 1 N–H and O–H groups in total. The SMILES string of the molecule is COc1c(OC(C)C)cccc1-c1nc(-c2ccc3[nH]c4c(c3c2)CCC4)no1. The van der Waals surface area contributed by atoms with E-state index in [0.29, 0.717) is 28.8 Å². The largest absolute Gasteiger partial charge is 0.492 e. The molecule has 2 heterocycles. The fourth-order valence-electron chi connectivity index (χ4n) is 4.08. The van der Waals surface area contributed by atoms with Crippen LogP contribution in [0.5, 0.6) is 11.5 Å². The minimum Gasteiger partial charge on any atom is -0.492 e. The average molecular weight is 389 g/mol. The van der Waals surface area contributed by atoms with E-state index in [1.165, 1.54) is 28.6 Å². The van der Waals surface area contributed by atoms with Crippen LogP contribution in [0.3, 0.4) is 0 Å². The van der Waals surface area contributed by atoms with Crippen LogP contribution in [-0.2, 0) is 12.8 Å². The number of ether oxygens (including phenoxy) is 2. The van der Waals surface area contributed by atoms with Crippen molar-refractivity contribution in [3.63, 3.8) is 0 Å². The van der Waals surface area contributed by atoms with Crippen molar-refractivity contribution >= 4 is 10.9 Å². The van der Waals surface area contributed by atoms with E-state index < -0.39 is 0 Å². The first-order chi connectivity index (χ1) is 14.1. The van der Waals surface area contributed by atoms with Crippen LogP contribution in [0, 0.1) is 0 Å². The van der Waals surface area contributed by atoms with Crippen LogP contribution in [0.15, 0.2) is 40.9 Å². The number of aromatic nitrogens is 3. The lowest BCUT2D eigenvalue weighted by Gasteiger charge is -2.14. The van der Waals surface area contributed by atoms with Gasteiger partial charge in [-0.1, -0.05) is 11.2 Å². The molecule has 1 aliphatic rings.